The number of carbonyl (C=O) groups is 1. The van der Waals surface area contributed by atoms with E-state index in [-0.39, 0.29) is 18.2 Å². The number of benzene rings is 2. The third-order valence-electron chi connectivity index (χ3n) is 5.78. The van der Waals surface area contributed by atoms with Crippen LogP contribution >= 0.6 is 15.9 Å². The van der Waals surface area contributed by atoms with Gasteiger partial charge in [-0.25, -0.2) is 8.42 Å². The number of sulfonamides is 1. The zero-order valence-corrected chi connectivity index (χ0v) is 19.0. The number of nitrogens with zero attached hydrogens (tertiary/aromatic N) is 1. The van der Waals surface area contributed by atoms with Crippen LogP contribution in [0.15, 0.2) is 51.8 Å². The highest BCUT2D eigenvalue weighted by Gasteiger charge is 2.40. The van der Waals surface area contributed by atoms with Gasteiger partial charge in [0.15, 0.2) is 0 Å². The molecule has 0 bridgehead atoms. The lowest BCUT2D eigenvalue weighted by Crippen LogP contribution is -2.45. The molecule has 0 spiro atoms. The van der Waals surface area contributed by atoms with E-state index >= 15 is 0 Å². The van der Waals surface area contributed by atoms with E-state index in [0.29, 0.717) is 35.6 Å². The molecule has 172 valence electrons. The molecule has 2 aromatic carbocycles. The molecule has 1 aliphatic heterocycles. The van der Waals surface area contributed by atoms with Crippen molar-refractivity contribution in [1.82, 2.24) is 0 Å². The van der Waals surface area contributed by atoms with E-state index in [1.165, 1.54) is 0 Å². The number of carboxylic acid groups (broad SMARTS) is 1. The Labute approximate surface area is 191 Å². The van der Waals surface area contributed by atoms with Crippen LogP contribution in [0.2, 0.25) is 0 Å². The fraction of sp³-hybridized carbons (Fsp3) is 0.381. The van der Waals surface area contributed by atoms with Gasteiger partial charge in [0, 0.05) is 4.47 Å². The molecule has 1 heterocycles. The van der Waals surface area contributed by atoms with Gasteiger partial charge in [0.25, 0.3) is 10.0 Å². The van der Waals surface area contributed by atoms with E-state index in [2.05, 4.69) is 15.9 Å². The number of alkyl halides is 3. The molecular formula is C21H19BrF3NO5S. The molecule has 0 radical (unpaired) electrons. The van der Waals surface area contributed by atoms with E-state index in [1.54, 1.807) is 18.2 Å². The van der Waals surface area contributed by atoms with Crippen molar-refractivity contribution < 1.29 is 36.2 Å². The number of halogens is 4. The molecule has 6 nitrogen and oxygen atoms in total. The monoisotopic (exact) mass is 533 g/mol. The second-order valence-electron chi connectivity index (χ2n) is 8.02. The summed E-state index contributed by atoms with van der Waals surface area (Å²) in [6.45, 7) is -0.0870. The highest BCUT2D eigenvalue weighted by atomic mass is 79.9. The lowest BCUT2D eigenvalue weighted by atomic mass is 9.72. The lowest BCUT2D eigenvalue weighted by molar-refractivity contribution is -0.146. The van der Waals surface area contributed by atoms with Gasteiger partial charge >= 0.3 is 12.1 Å². The molecule has 11 heteroatoms. The van der Waals surface area contributed by atoms with Gasteiger partial charge in [-0.15, -0.1) is 0 Å². The Bertz CT molecular complexity index is 1150. The minimum Gasteiger partial charge on any atom is -0.486 e. The van der Waals surface area contributed by atoms with Gasteiger partial charge < -0.3 is 9.84 Å². The van der Waals surface area contributed by atoms with Crippen LogP contribution in [0.5, 0.6) is 5.75 Å². The normalized spacial score (nSPS) is 23.1. The summed E-state index contributed by atoms with van der Waals surface area (Å²) in [6.07, 6.45) is -3.80. The van der Waals surface area contributed by atoms with Crippen LogP contribution < -0.4 is 9.04 Å². The molecule has 0 saturated heterocycles. The van der Waals surface area contributed by atoms with Gasteiger partial charge in [-0.1, -0.05) is 22.0 Å². The highest BCUT2D eigenvalue weighted by molar-refractivity contribution is 9.10. The fourth-order valence-corrected chi connectivity index (χ4v) is 5.99. The number of aliphatic carboxylic acids is 1. The van der Waals surface area contributed by atoms with Gasteiger partial charge in [-0.3, -0.25) is 9.10 Å². The van der Waals surface area contributed by atoms with Crippen molar-refractivity contribution in [2.24, 2.45) is 11.8 Å². The summed E-state index contributed by atoms with van der Waals surface area (Å²) in [4.78, 5) is 10.6. The van der Waals surface area contributed by atoms with Gasteiger partial charge in [0.1, 0.15) is 11.9 Å². The van der Waals surface area contributed by atoms with Crippen molar-refractivity contribution in [3.05, 3.63) is 52.5 Å². The number of carboxylic acids is 1. The van der Waals surface area contributed by atoms with Crippen molar-refractivity contribution in [3.8, 4) is 5.75 Å². The van der Waals surface area contributed by atoms with E-state index in [1.807, 2.05) is 0 Å². The second kappa shape index (κ2) is 8.26. The topological polar surface area (TPSA) is 83.9 Å². The maximum absolute atomic E-state index is 13.4. The minimum atomic E-state index is -4.68. The molecule has 1 saturated carbocycles. The van der Waals surface area contributed by atoms with Crippen LogP contribution in [0, 0.1) is 11.8 Å². The average molecular weight is 534 g/mol. The summed E-state index contributed by atoms with van der Waals surface area (Å²) in [5.74, 6) is -0.878. The standard InChI is InChI=1S/C21H19BrF3NO5S/c22-15-4-5-19-18(10-15)26(11-16(31-19)8-12-6-13(7-12)20(27)28)32(29,30)17-3-1-2-14(9-17)21(23,24)25/h1-5,9-10,12-13,16H,6-8,11H2,(H,27,28)/t12-,13-,16-/m0/s1. The number of fused-ring (bicyclic) bond motifs is 1. The summed E-state index contributed by atoms with van der Waals surface area (Å²) in [5.41, 5.74) is -0.822. The van der Waals surface area contributed by atoms with Gasteiger partial charge in [-0.05, 0) is 61.6 Å². The first-order valence-corrected chi connectivity index (χ1v) is 12.1. The summed E-state index contributed by atoms with van der Waals surface area (Å²) in [7, 11) is -4.32. The van der Waals surface area contributed by atoms with Crippen LogP contribution in [0.1, 0.15) is 24.8 Å². The smallest absolute Gasteiger partial charge is 0.416 e. The molecule has 4 rings (SSSR count). The Kier molecular flexibility index (Phi) is 5.91. The summed E-state index contributed by atoms with van der Waals surface area (Å²) < 4.78 is 73.9. The zero-order chi connectivity index (χ0) is 23.3. The molecular weight excluding hydrogens is 515 g/mol. The van der Waals surface area contributed by atoms with Crippen LogP contribution in [0.3, 0.4) is 0 Å². The summed E-state index contributed by atoms with van der Waals surface area (Å²) in [5, 5.41) is 9.06. The van der Waals surface area contributed by atoms with E-state index in [9.17, 15) is 26.4 Å². The SMILES string of the molecule is O=C(O)[C@H]1C[C@H](C[C@H]2CN(S(=O)(=O)c3cccc(C(F)(F)F)c3)c3cc(Br)ccc3O2)C1. The highest BCUT2D eigenvalue weighted by Crippen LogP contribution is 2.43. The first-order valence-electron chi connectivity index (χ1n) is 9.84. The lowest BCUT2D eigenvalue weighted by Gasteiger charge is -2.39. The van der Waals surface area contributed by atoms with Gasteiger partial charge in [0.05, 0.1) is 28.6 Å². The number of hydrogen-bond acceptors (Lipinski definition) is 4. The van der Waals surface area contributed by atoms with Crippen LogP contribution in [-0.2, 0) is 21.0 Å². The Morgan fingerprint density at radius 3 is 2.56 bits per heavy atom. The predicted molar refractivity (Wildman–Crippen MR) is 113 cm³/mol. The predicted octanol–water partition coefficient (Wildman–Crippen LogP) is 4.93. The molecule has 1 fully saturated rings. The maximum Gasteiger partial charge on any atom is 0.416 e. The van der Waals surface area contributed by atoms with Crippen molar-refractivity contribution in [2.75, 3.05) is 10.8 Å². The minimum absolute atomic E-state index is 0.0798. The van der Waals surface area contributed by atoms with Gasteiger partial charge in [0.2, 0.25) is 0 Å². The summed E-state index contributed by atoms with van der Waals surface area (Å²) >= 11 is 3.29. The van der Waals surface area contributed by atoms with Crippen molar-refractivity contribution >= 4 is 37.6 Å². The Morgan fingerprint density at radius 1 is 1.19 bits per heavy atom. The Morgan fingerprint density at radius 2 is 1.91 bits per heavy atom. The number of hydrogen-bond donors (Lipinski definition) is 1. The van der Waals surface area contributed by atoms with Crippen molar-refractivity contribution in [2.45, 2.75) is 36.4 Å². The number of ether oxygens (including phenoxy) is 1. The fourth-order valence-electron chi connectivity index (χ4n) is 4.10. The van der Waals surface area contributed by atoms with E-state index < -0.39 is 44.6 Å². The first-order chi connectivity index (χ1) is 14.9. The Hall–Kier alpha value is -2.27. The number of anilines is 1. The summed E-state index contributed by atoms with van der Waals surface area (Å²) in [6, 6.07) is 8.47. The Balaban J connectivity index is 1.65. The number of rotatable bonds is 5. The van der Waals surface area contributed by atoms with E-state index in [0.717, 1.165) is 22.5 Å². The molecule has 0 amide bonds. The average Bonchev–Trinajstić information content (AvgIpc) is 2.69. The second-order valence-corrected chi connectivity index (χ2v) is 10.8. The van der Waals surface area contributed by atoms with E-state index in [4.69, 9.17) is 9.84 Å². The van der Waals surface area contributed by atoms with Crippen LogP contribution in [-0.4, -0.2) is 32.1 Å². The quantitative estimate of drug-likeness (QED) is 0.589. The maximum atomic E-state index is 13.4. The molecule has 1 aliphatic carbocycles. The molecule has 1 atom stereocenters. The van der Waals surface area contributed by atoms with Crippen molar-refractivity contribution in [1.29, 1.82) is 0 Å². The van der Waals surface area contributed by atoms with Crippen LogP contribution in [0.4, 0.5) is 18.9 Å². The molecule has 2 aliphatic rings. The molecule has 0 aromatic heterocycles. The first kappa shape index (κ1) is 22.9. The zero-order valence-electron chi connectivity index (χ0n) is 16.5. The molecule has 2 aromatic rings. The largest absolute Gasteiger partial charge is 0.486 e. The van der Waals surface area contributed by atoms with Gasteiger partial charge in [-0.2, -0.15) is 13.2 Å². The molecule has 0 unspecified atom stereocenters. The molecule has 1 N–H and O–H groups in total. The van der Waals surface area contributed by atoms with Crippen molar-refractivity contribution in [3.63, 3.8) is 0 Å². The molecule has 32 heavy (non-hydrogen) atoms. The third kappa shape index (κ3) is 4.45. The third-order valence-corrected chi connectivity index (χ3v) is 8.05. The van der Waals surface area contributed by atoms with Crippen LogP contribution in [0.25, 0.3) is 0 Å².